The van der Waals surface area contributed by atoms with Crippen molar-refractivity contribution >= 4 is 33.2 Å². The van der Waals surface area contributed by atoms with E-state index in [-0.39, 0.29) is 0 Å². The molecule has 1 heterocycles. The lowest BCUT2D eigenvalue weighted by Gasteiger charge is -2.31. The predicted molar refractivity (Wildman–Crippen MR) is 62.8 cm³/mol. The number of nitrogens with zero attached hydrogens (tertiary/aromatic N) is 1. The topological polar surface area (TPSA) is 24.9 Å². The van der Waals surface area contributed by atoms with Crippen LogP contribution in [0.5, 0.6) is 0 Å². The zero-order valence-electron chi connectivity index (χ0n) is 7.71. The fourth-order valence-corrected chi connectivity index (χ4v) is 2.49. The highest BCUT2D eigenvalue weighted by Crippen LogP contribution is 2.32. The van der Waals surface area contributed by atoms with Gasteiger partial charge >= 0.3 is 0 Å². The van der Waals surface area contributed by atoms with Crippen molar-refractivity contribution in [3.63, 3.8) is 0 Å². The third-order valence-electron chi connectivity index (χ3n) is 2.53. The molecule has 0 unspecified atom stereocenters. The molecule has 76 valence electrons. The van der Waals surface area contributed by atoms with Crippen LogP contribution in [-0.4, -0.2) is 16.9 Å². The van der Waals surface area contributed by atoms with E-state index in [1.165, 1.54) is 0 Å². The van der Waals surface area contributed by atoms with Crippen LogP contribution in [0.3, 0.4) is 0 Å². The Morgan fingerprint density at radius 2 is 2.36 bits per heavy atom. The summed E-state index contributed by atoms with van der Waals surface area (Å²) < 4.78 is 1.02. The Bertz CT molecular complexity index is 313. The van der Waals surface area contributed by atoms with Gasteiger partial charge in [0.15, 0.2) is 0 Å². The fraction of sp³-hybridized carbons (Fsp3) is 0.500. The van der Waals surface area contributed by atoms with Gasteiger partial charge in [-0.2, -0.15) is 0 Å². The quantitative estimate of drug-likeness (QED) is 0.857. The van der Waals surface area contributed by atoms with Crippen molar-refractivity contribution in [2.45, 2.75) is 18.2 Å². The molecule has 0 atom stereocenters. The van der Waals surface area contributed by atoms with E-state index >= 15 is 0 Å². The van der Waals surface area contributed by atoms with Gasteiger partial charge in [-0.05, 0) is 40.8 Å². The lowest BCUT2D eigenvalue weighted by Crippen LogP contribution is -2.29. The second-order valence-electron chi connectivity index (χ2n) is 3.67. The van der Waals surface area contributed by atoms with Gasteiger partial charge in [-0.15, -0.1) is 11.6 Å². The van der Waals surface area contributed by atoms with Gasteiger partial charge in [0.2, 0.25) is 0 Å². The number of hydrogen-bond donors (Lipinski definition) is 1. The summed E-state index contributed by atoms with van der Waals surface area (Å²) in [5.41, 5.74) is 1.11. The van der Waals surface area contributed by atoms with Crippen molar-refractivity contribution in [1.82, 2.24) is 4.98 Å². The van der Waals surface area contributed by atoms with E-state index < -0.39 is 0 Å². The number of alkyl halides is 1. The lowest BCUT2D eigenvalue weighted by molar-refractivity contribution is 0.341. The van der Waals surface area contributed by atoms with Gasteiger partial charge in [0.25, 0.3) is 0 Å². The average Bonchev–Trinajstić information content (AvgIpc) is 2.13. The van der Waals surface area contributed by atoms with Gasteiger partial charge in [0.05, 0.1) is 10.2 Å². The van der Waals surface area contributed by atoms with Gasteiger partial charge in [0.1, 0.15) is 0 Å². The largest absolute Gasteiger partial charge is 0.384 e. The predicted octanol–water partition coefficient (Wildman–Crippen LogP) is 3.27. The molecule has 0 saturated heterocycles. The Balaban J connectivity index is 1.83. The molecule has 0 aromatic carbocycles. The van der Waals surface area contributed by atoms with Crippen LogP contribution >= 0.6 is 27.5 Å². The van der Waals surface area contributed by atoms with Crippen LogP contribution < -0.4 is 5.32 Å². The van der Waals surface area contributed by atoms with Crippen LogP contribution in [0.15, 0.2) is 22.9 Å². The summed E-state index contributed by atoms with van der Waals surface area (Å²) in [5.74, 6) is 0.734. The van der Waals surface area contributed by atoms with E-state index in [2.05, 4.69) is 26.2 Å². The number of pyridine rings is 1. The van der Waals surface area contributed by atoms with Crippen molar-refractivity contribution in [3.8, 4) is 0 Å². The van der Waals surface area contributed by atoms with Crippen LogP contribution in [0, 0.1) is 5.92 Å². The summed E-state index contributed by atoms with van der Waals surface area (Å²) in [5, 5.41) is 3.80. The first kappa shape index (κ1) is 10.2. The maximum Gasteiger partial charge on any atom is 0.0590 e. The number of aromatic nitrogens is 1. The summed E-state index contributed by atoms with van der Waals surface area (Å²) >= 11 is 9.36. The summed E-state index contributed by atoms with van der Waals surface area (Å²) in [6.45, 7) is 1.01. The molecule has 1 aliphatic rings. The Morgan fingerprint density at radius 3 is 3.00 bits per heavy atom. The molecule has 1 aromatic rings. The van der Waals surface area contributed by atoms with E-state index in [0.29, 0.717) is 5.38 Å². The minimum atomic E-state index is 0.405. The van der Waals surface area contributed by atoms with Gasteiger partial charge in [-0.1, -0.05) is 0 Å². The number of nitrogens with one attached hydrogen (secondary N) is 1. The minimum absolute atomic E-state index is 0.405. The van der Waals surface area contributed by atoms with E-state index in [9.17, 15) is 0 Å². The molecule has 0 bridgehead atoms. The Hall–Kier alpha value is -0.280. The first-order chi connectivity index (χ1) is 6.75. The molecule has 1 aromatic heterocycles. The van der Waals surface area contributed by atoms with Crippen molar-refractivity contribution in [2.24, 2.45) is 5.92 Å². The molecule has 1 aliphatic carbocycles. The lowest BCUT2D eigenvalue weighted by atomic mass is 9.85. The molecular formula is C10H12BrClN2. The molecule has 14 heavy (non-hydrogen) atoms. The summed E-state index contributed by atoms with van der Waals surface area (Å²) in [4.78, 5) is 4.01. The SMILES string of the molecule is ClC1CC(CNc2ccncc2Br)C1. The average molecular weight is 276 g/mol. The molecule has 4 heteroatoms. The van der Waals surface area contributed by atoms with Gasteiger partial charge in [0, 0.05) is 24.3 Å². The van der Waals surface area contributed by atoms with Crippen LogP contribution in [-0.2, 0) is 0 Å². The first-order valence-electron chi connectivity index (χ1n) is 4.73. The van der Waals surface area contributed by atoms with Gasteiger partial charge in [-0.25, -0.2) is 0 Å². The maximum absolute atomic E-state index is 5.91. The second-order valence-corrected chi connectivity index (χ2v) is 5.14. The van der Waals surface area contributed by atoms with Crippen LogP contribution in [0.25, 0.3) is 0 Å². The normalized spacial score (nSPS) is 25.6. The number of halogens is 2. The van der Waals surface area contributed by atoms with E-state index in [1.54, 1.807) is 12.4 Å². The molecule has 0 spiro atoms. The second kappa shape index (κ2) is 4.49. The molecule has 2 rings (SSSR count). The maximum atomic E-state index is 5.91. The van der Waals surface area contributed by atoms with Gasteiger partial charge in [-0.3, -0.25) is 4.98 Å². The summed E-state index contributed by atoms with van der Waals surface area (Å²) in [7, 11) is 0. The van der Waals surface area contributed by atoms with Crippen molar-refractivity contribution in [1.29, 1.82) is 0 Å². The van der Waals surface area contributed by atoms with E-state index in [1.807, 2.05) is 6.07 Å². The number of hydrogen-bond acceptors (Lipinski definition) is 2. The zero-order valence-corrected chi connectivity index (χ0v) is 10.1. The fourth-order valence-electron chi connectivity index (χ4n) is 1.59. The minimum Gasteiger partial charge on any atom is -0.384 e. The Morgan fingerprint density at radius 1 is 1.57 bits per heavy atom. The van der Waals surface area contributed by atoms with E-state index in [0.717, 1.165) is 35.5 Å². The third kappa shape index (κ3) is 2.39. The van der Waals surface area contributed by atoms with Gasteiger partial charge < -0.3 is 5.32 Å². The molecular weight excluding hydrogens is 263 g/mol. The molecule has 0 radical (unpaired) electrons. The summed E-state index contributed by atoms with van der Waals surface area (Å²) in [6, 6.07) is 1.97. The Labute approximate surface area is 97.2 Å². The third-order valence-corrected chi connectivity index (χ3v) is 3.52. The first-order valence-corrected chi connectivity index (χ1v) is 5.96. The molecule has 0 amide bonds. The highest BCUT2D eigenvalue weighted by Gasteiger charge is 2.26. The molecule has 1 saturated carbocycles. The molecule has 0 aliphatic heterocycles. The van der Waals surface area contributed by atoms with Crippen LogP contribution in [0.1, 0.15) is 12.8 Å². The zero-order chi connectivity index (χ0) is 9.97. The van der Waals surface area contributed by atoms with E-state index in [4.69, 9.17) is 11.6 Å². The molecule has 2 nitrogen and oxygen atoms in total. The smallest absolute Gasteiger partial charge is 0.0590 e. The van der Waals surface area contributed by atoms with Crippen LogP contribution in [0.4, 0.5) is 5.69 Å². The number of anilines is 1. The van der Waals surface area contributed by atoms with Crippen LogP contribution in [0.2, 0.25) is 0 Å². The molecule has 1 N–H and O–H groups in total. The van der Waals surface area contributed by atoms with Crippen molar-refractivity contribution in [3.05, 3.63) is 22.9 Å². The Kier molecular flexibility index (Phi) is 3.29. The highest BCUT2D eigenvalue weighted by molar-refractivity contribution is 9.10. The molecule has 1 fully saturated rings. The standard InChI is InChI=1S/C10H12BrClN2/c11-9-6-13-2-1-10(9)14-5-7-3-8(12)4-7/h1-2,6-8H,3-5H2,(H,13,14). The van der Waals surface area contributed by atoms with Crippen molar-refractivity contribution < 1.29 is 0 Å². The van der Waals surface area contributed by atoms with Crippen molar-refractivity contribution in [2.75, 3.05) is 11.9 Å². The highest BCUT2D eigenvalue weighted by atomic mass is 79.9. The number of rotatable bonds is 3. The summed E-state index contributed by atoms with van der Waals surface area (Å²) in [6.07, 6.45) is 5.86. The monoisotopic (exact) mass is 274 g/mol.